The first-order valence-corrected chi connectivity index (χ1v) is 20.4. The summed E-state index contributed by atoms with van der Waals surface area (Å²) in [6.45, 7) is 1.84. The van der Waals surface area contributed by atoms with E-state index < -0.39 is 171 Å². The van der Waals surface area contributed by atoms with Crippen molar-refractivity contribution in [2.24, 2.45) is 5.84 Å². The summed E-state index contributed by atoms with van der Waals surface area (Å²) in [6, 6.07) is -2.98. The van der Waals surface area contributed by atoms with Gasteiger partial charge in [-0.25, -0.2) is 5.84 Å². The Morgan fingerprint density at radius 2 is 1.08 bits per heavy atom. The molecule has 0 bridgehead atoms. The van der Waals surface area contributed by atoms with Crippen molar-refractivity contribution in [1.29, 1.82) is 0 Å². The molecule has 4 heterocycles. The number of ether oxygens (including phenoxy) is 8. The third-order valence-electron chi connectivity index (χ3n) is 11.0. The predicted molar refractivity (Wildman–Crippen MR) is 203 cm³/mol. The molecule has 0 aromatic carbocycles. The van der Waals surface area contributed by atoms with Gasteiger partial charge in [-0.1, -0.05) is 0 Å². The van der Waals surface area contributed by atoms with Gasteiger partial charge >= 0.3 is 29.6 Å². The van der Waals surface area contributed by atoms with E-state index in [1.165, 1.54) is 6.92 Å². The number of aliphatic carboxylic acids is 1. The largest absolute Gasteiger partial charge is 1.00 e. The van der Waals surface area contributed by atoms with Gasteiger partial charge in [0.15, 0.2) is 25.0 Å². The molecule has 4 aliphatic heterocycles. The van der Waals surface area contributed by atoms with E-state index in [0.29, 0.717) is 0 Å². The second-order valence-corrected chi connectivity index (χ2v) is 15.7. The van der Waals surface area contributed by atoms with Gasteiger partial charge in [0, 0.05) is 33.8 Å². The van der Waals surface area contributed by atoms with Gasteiger partial charge in [0.1, 0.15) is 85.4 Å². The molecule has 372 valence electrons. The van der Waals surface area contributed by atoms with Crippen LogP contribution in [-0.2, 0) is 66.7 Å². The molecule has 20 unspecified atom stereocenters. The second-order valence-electron chi connectivity index (χ2n) is 15.7. The van der Waals surface area contributed by atoms with Crippen molar-refractivity contribution in [3.8, 4) is 0 Å². The number of carboxylic acids is 1. The summed E-state index contributed by atoms with van der Waals surface area (Å²) in [5.74, 6) is -0.813. The van der Waals surface area contributed by atoms with Gasteiger partial charge in [0.05, 0.1) is 31.3 Å². The Balaban J connectivity index is 0.0000116. The minimum Gasteiger partial charge on any atom is -0.547 e. The van der Waals surface area contributed by atoms with E-state index >= 15 is 0 Å². The van der Waals surface area contributed by atoms with Crippen LogP contribution in [0.15, 0.2) is 0 Å². The molecule has 0 aliphatic carbocycles. The van der Waals surface area contributed by atoms with Gasteiger partial charge in [-0.2, -0.15) is 0 Å². The number of methoxy groups -OCH3 is 1. The normalized spacial score (nSPS) is 39.0. The molecule has 4 rings (SSSR count). The fourth-order valence-corrected chi connectivity index (χ4v) is 7.70. The summed E-state index contributed by atoms with van der Waals surface area (Å²) >= 11 is 0. The number of unbranched alkanes of at least 4 members (excludes halogenated alkanes) is 1. The van der Waals surface area contributed by atoms with E-state index in [1.807, 2.05) is 5.43 Å². The minimum absolute atomic E-state index is 0. The maximum atomic E-state index is 13.3. The maximum Gasteiger partial charge on any atom is 1.00 e. The van der Waals surface area contributed by atoms with Gasteiger partial charge in [-0.05, 0) is 19.8 Å². The number of carbonyl (C=O) groups is 6. The van der Waals surface area contributed by atoms with Crippen molar-refractivity contribution < 1.29 is 142 Å². The number of nitrogens with one attached hydrogen (secondary N) is 5. The Labute approximate surface area is 398 Å². The van der Waals surface area contributed by atoms with Gasteiger partial charge in [0.25, 0.3) is 5.91 Å². The number of aliphatic hydroxyl groups is 8. The number of hydrogen-bond donors (Lipinski definition) is 14. The van der Waals surface area contributed by atoms with Gasteiger partial charge in [-0.15, -0.1) is 0 Å². The quantitative estimate of drug-likeness (QED) is 0.0199. The zero-order valence-electron chi connectivity index (χ0n) is 36.6. The Kier molecular flexibility index (Phi) is 22.8. The second kappa shape index (κ2) is 26.2. The van der Waals surface area contributed by atoms with Gasteiger partial charge < -0.3 is 99.3 Å². The van der Waals surface area contributed by atoms with Crippen LogP contribution in [0.1, 0.15) is 46.5 Å². The third kappa shape index (κ3) is 14.1. The number of hydrazine groups is 2. The first kappa shape index (κ1) is 57.5. The van der Waals surface area contributed by atoms with Gasteiger partial charge in [-0.3, -0.25) is 40.3 Å². The molecule has 4 aliphatic rings. The first-order chi connectivity index (χ1) is 30.7. The standard InChI is InChI=1S/C36H60N6O23.Na/c1-11-18(38-12(2)45)26(20(49)14(9-43)59-11)61-36-25(54)23(52)29(31(65-36)33(56)57)63-34-19(39-13(3)46)27(21(50)15(10-44)60-34)62-35-24(53)22(51)28(58-4)30(64-35)32(55)42-41-17(48)8-6-5-7-16(47)40-37;/h11,14-15,18-31,34-36,43-44,49-54H,5-10,37H2,1-4H3,(H,38,45)(H,39,46)(H,40,47)(H,41,48)(H,42,55)(H,56,57);/q;+1/p-1. The number of nitrogens with two attached hydrogens (primary N) is 1. The SMILES string of the molecule is COC1C(C(=O)NNC(=O)CCCCC(=O)NN)OC(OC2C(O)C(CO)OC(OC3C(C(=O)[O-])OC(OC4C(O)C(CO)OC(C)C4NC(C)=O)C(O)C3O)C2NC(C)=O)C(O)C1O.[Na+]. The molecule has 29 nitrogen and oxygen atoms in total. The molecule has 30 heteroatoms. The van der Waals surface area contributed by atoms with Crippen LogP contribution in [0.2, 0.25) is 0 Å². The number of aliphatic hydroxyl groups excluding tert-OH is 8. The van der Waals surface area contributed by atoms with Crippen LogP contribution in [0, 0.1) is 0 Å². The molecule has 0 radical (unpaired) electrons. The van der Waals surface area contributed by atoms with Crippen molar-refractivity contribution in [3.05, 3.63) is 0 Å². The number of hydrogen-bond acceptors (Lipinski definition) is 24. The van der Waals surface area contributed by atoms with E-state index in [1.54, 1.807) is 0 Å². The van der Waals surface area contributed by atoms with Crippen LogP contribution in [0.3, 0.4) is 0 Å². The van der Waals surface area contributed by atoms with Crippen molar-refractivity contribution >= 4 is 35.5 Å². The van der Waals surface area contributed by atoms with E-state index in [9.17, 15) is 74.7 Å². The number of carboxylic acid groups (broad SMARTS) is 1. The van der Waals surface area contributed by atoms with Crippen LogP contribution < -0.4 is 67.4 Å². The van der Waals surface area contributed by atoms with E-state index in [2.05, 4.69) is 21.5 Å². The Morgan fingerprint density at radius 3 is 1.58 bits per heavy atom. The zero-order chi connectivity index (χ0) is 48.4. The summed E-state index contributed by atoms with van der Waals surface area (Å²) in [4.78, 5) is 74.1. The Bertz CT molecular complexity index is 1640. The summed E-state index contributed by atoms with van der Waals surface area (Å²) in [5.41, 5.74) is 6.15. The topological polar surface area (TPSA) is 447 Å². The summed E-state index contributed by atoms with van der Waals surface area (Å²) in [6.07, 6.45) is -33.5. The van der Waals surface area contributed by atoms with Crippen LogP contribution in [0.4, 0.5) is 0 Å². The van der Waals surface area contributed by atoms with Crippen LogP contribution in [0.25, 0.3) is 0 Å². The molecule has 20 atom stereocenters. The van der Waals surface area contributed by atoms with Crippen molar-refractivity contribution in [1.82, 2.24) is 26.9 Å². The average Bonchev–Trinajstić information content (AvgIpc) is 3.26. The minimum atomic E-state index is -2.37. The van der Waals surface area contributed by atoms with Crippen molar-refractivity contribution in [2.75, 3.05) is 20.3 Å². The van der Waals surface area contributed by atoms with Crippen LogP contribution in [0.5, 0.6) is 0 Å². The third-order valence-corrected chi connectivity index (χ3v) is 11.0. The fourth-order valence-electron chi connectivity index (χ4n) is 7.70. The molecule has 0 saturated carbocycles. The van der Waals surface area contributed by atoms with Crippen molar-refractivity contribution in [2.45, 2.75) is 169 Å². The summed E-state index contributed by atoms with van der Waals surface area (Å²) in [5, 5.41) is 104. The molecule has 4 fully saturated rings. The van der Waals surface area contributed by atoms with Crippen molar-refractivity contribution in [3.63, 3.8) is 0 Å². The molecule has 5 amide bonds. The Morgan fingerprint density at radius 1 is 0.606 bits per heavy atom. The van der Waals surface area contributed by atoms with Gasteiger partial charge in [0.2, 0.25) is 23.6 Å². The molecule has 66 heavy (non-hydrogen) atoms. The monoisotopic (exact) mass is 966 g/mol. The molecule has 0 spiro atoms. The molecule has 4 saturated heterocycles. The predicted octanol–water partition coefficient (Wildman–Crippen LogP) is -13.3. The number of rotatable bonds is 18. The Hall–Kier alpha value is -2.86. The molecule has 0 aromatic rings. The molecular formula is C36H59N6NaO23. The molecule has 0 aromatic heterocycles. The zero-order valence-corrected chi connectivity index (χ0v) is 38.6. The first-order valence-electron chi connectivity index (χ1n) is 20.4. The fraction of sp³-hybridized carbons (Fsp3) is 0.833. The summed E-state index contributed by atoms with van der Waals surface area (Å²) in [7, 11) is 1.06. The number of amides is 5. The van der Waals surface area contributed by atoms with E-state index in [-0.39, 0.29) is 55.2 Å². The van der Waals surface area contributed by atoms with E-state index in [4.69, 9.17) is 43.7 Å². The molecule has 15 N–H and O–H groups in total. The maximum absolute atomic E-state index is 13.3. The van der Waals surface area contributed by atoms with E-state index in [0.717, 1.165) is 21.0 Å². The average molecular weight is 967 g/mol. The van der Waals surface area contributed by atoms with Crippen LogP contribution in [-0.4, -0.2) is 219 Å². The smallest absolute Gasteiger partial charge is 0.547 e. The summed E-state index contributed by atoms with van der Waals surface area (Å²) < 4.78 is 45.0. The van der Waals surface area contributed by atoms with Crippen LogP contribution >= 0.6 is 0 Å². The molecular weight excluding hydrogens is 907 g/mol. The number of carbonyl (C=O) groups excluding carboxylic acids is 6.